The third-order valence-electron chi connectivity index (χ3n) is 3.88. The van der Waals surface area contributed by atoms with Crippen LogP contribution >= 0.6 is 0 Å². The van der Waals surface area contributed by atoms with Gasteiger partial charge in [0.05, 0.1) is 6.42 Å². The van der Waals surface area contributed by atoms with Crippen molar-refractivity contribution in [1.29, 1.82) is 0 Å². The van der Waals surface area contributed by atoms with Crippen LogP contribution in [-0.2, 0) is 6.42 Å². The molecule has 9 heteroatoms. The minimum Gasteiger partial charge on any atom is -0.504 e. The fraction of sp³-hybridized carbons (Fsp3) is 0.0556. The monoisotopic (exact) mass is 366 g/mol. The molecule has 3 heterocycles. The van der Waals surface area contributed by atoms with Gasteiger partial charge in [-0.05, 0) is 29.8 Å². The van der Waals surface area contributed by atoms with E-state index in [0.29, 0.717) is 0 Å². The quantitative estimate of drug-likeness (QED) is 0.565. The van der Waals surface area contributed by atoms with Crippen LogP contribution in [0.25, 0.3) is 22.5 Å². The number of aromatic nitrogens is 4. The van der Waals surface area contributed by atoms with Gasteiger partial charge >= 0.3 is 5.97 Å². The number of aromatic carboxylic acids is 1. The lowest BCUT2D eigenvalue weighted by Gasteiger charge is -2.06. The summed E-state index contributed by atoms with van der Waals surface area (Å²) in [6, 6.07) is 8.83. The molecule has 0 amide bonds. The summed E-state index contributed by atoms with van der Waals surface area (Å²) in [7, 11) is 0. The number of benzene rings is 1. The minimum absolute atomic E-state index is 0.0678. The maximum absolute atomic E-state index is 13.0. The molecule has 0 bridgehead atoms. The normalized spacial score (nSPS) is 11.0. The number of hydrogen-bond acceptors (Lipinski definition) is 7. The number of rotatable bonds is 4. The molecule has 0 spiro atoms. The molecular formula is C18H11FN4O4. The molecule has 2 N–H and O–H groups in total. The Labute approximate surface area is 151 Å². The molecule has 0 aliphatic heterocycles. The van der Waals surface area contributed by atoms with Crippen molar-refractivity contribution in [3.63, 3.8) is 0 Å². The van der Waals surface area contributed by atoms with Crippen LogP contribution in [0.2, 0.25) is 0 Å². The summed E-state index contributed by atoms with van der Waals surface area (Å²) >= 11 is 0. The summed E-state index contributed by atoms with van der Waals surface area (Å²) in [6.45, 7) is 0. The van der Waals surface area contributed by atoms with Crippen LogP contribution < -0.4 is 0 Å². The van der Waals surface area contributed by atoms with Crippen molar-refractivity contribution in [2.24, 2.45) is 0 Å². The average Bonchev–Trinajstić information content (AvgIpc) is 3.12. The number of halogens is 1. The van der Waals surface area contributed by atoms with Gasteiger partial charge in [-0.15, -0.1) is 10.2 Å². The molecule has 4 rings (SSSR count). The van der Waals surface area contributed by atoms with Crippen LogP contribution in [0, 0.1) is 5.82 Å². The number of hydrogen-bond donors (Lipinski definition) is 2. The summed E-state index contributed by atoms with van der Waals surface area (Å²) < 4.78 is 18.5. The molecule has 1 aromatic carbocycles. The third-order valence-corrected chi connectivity index (χ3v) is 3.88. The highest BCUT2D eigenvalue weighted by molar-refractivity contribution is 6.04. The summed E-state index contributed by atoms with van der Waals surface area (Å²) in [4.78, 5) is 19.5. The zero-order valence-electron chi connectivity index (χ0n) is 13.6. The average molecular weight is 366 g/mol. The number of carboxylic acid groups (broad SMARTS) is 1. The van der Waals surface area contributed by atoms with Crippen LogP contribution in [0.4, 0.5) is 4.39 Å². The van der Waals surface area contributed by atoms with Crippen molar-refractivity contribution >= 4 is 16.9 Å². The molecule has 4 aromatic rings. The number of pyridine rings is 2. The highest BCUT2D eigenvalue weighted by atomic mass is 19.1. The highest BCUT2D eigenvalue weighted by Gasteiger charge is 2.23. The molecule has 0 unspecified atom stereocenters. The van der Waals surface area contributed by atoms with E-state index in [-0.39, 0.29) is 52.1 Å². The first kappa shape index (κ1) is 16.6. The Morgan fingerprint density at radius 1 is 1.15 bits per heavy atom. The topological polar surface area (TPSA) is 122 Å². The van der Waals surface area contributed by atoms with E-state index in [9.17, 15) is 19.4 Å². The van der Waals surface area contributed by atoms with Crippen LogP contribution in [0.5, 0.6) is 5.75 Å². The van der Waals surface area contributed by atoms with E-state index in [4.69, 9.17) is 4.42 Å². The number of carboxylic acids is 1. The molecule has 8 nitrogen and oxygen atoms in total. The van der Waals surface area contributed by atoms with E-state index in [1.54, 1.807) is 18.2 Å². The van der Waals surface area contributed by atoms with Gasteiger partial charge in [-0.25, -0.2) is 14.2 Å². The summed E-state index contributed by atoms with van der Waals surface area (Å²) in [6.07, 6.45) is 1.66. The third kappa shape index (κ3) is 3.06. The second-order valence-electron chi connectivity index (χ2n) is 5.67. The fourth-order valence-electron chi connectivity index (χ4n) is 2.63. The van der Waals surface area contributed by atoms with Crippen molar-refractivity contribution in [2.75, 3.05) is 0 Å². The van der Waals surface area contributed by atoms with Gasteiger partial charge < -0.3 is 14.6 Å². The lowest BCUT2D eigenvalue weighted by molar-refractivity contribution is 0.0693. The predicted molar refractivity (Wildman–Crippen MR) is 90.7 cm³/mol. The van der Waals surface area contributed by atoms with Gasteiger partial charge in [-0.1, -0.05) is 12.1 Å². The maximum Gasteiger partial charge on any atom is 0.355 e. The van der Waals surface area contributed by atoms with Crippen molar-refractivity contribution in [2.45, 2.75) is 6.42 Å². The van der Waals surface area contributed by atoms with Crippen molar-refractivity contribution < 1.29 is 23.8 Å². The highest BCUT2D eigenvalue weighted by Crippen LogP contribution is 2.34. The van der Waals surface area contributed by atoms with E-state index in [1.165, 1.54) is 24.4 Å². The maximum atomic E-state index is 13.0. The second-order valence-corrected chi connectivity index (χ2v) is 5.67. The van der Waals surface area contributed by atoms with Gasteiger partial charge in [0, 0.05) is 11.6 Å². The van der Waals surface area contributed by atoms with E-state index >= 15 is 0 Å². The molecule has 3 aromatic heterocycles. The molecule has 0 radical (unpaired) electrons. The Balaban J connectivity index is 1.76. The minimum atomic E-state index is -1.28. The Morgan fingerprint density at radius 2 is 1.93 bits per heavy atom. The standard InChI is InChI=1S/C18H11FN4O4/c19-10-5-3-9(4-6-10)8-12-22-23-17(27-12)15-16(24)13-11(2-1-7-20-13)14(21-15)18(25)26/h1-7,24H,8H2,(H,25,26). The molecule has 0 atom stereocenters. The van der Waals surface area contributed by atoms with Crippen LogP contribution in [0.15, 0.2) is 47.0 Å². The van der Waals surface area contributed by atoms with Crippen LogP contribution in [0.1, 0.15) is 21.9 Å². The Bertz CT molecular complexity index is 1160. The Hall–Kier alpha value is -3.88. The molecule has 27 heavy (non-hydrogen) atoms. The van der Waals surface area contributed by atoms with Gasteiger partial charge in [0.25, 0.3) is 5.89 Å². The number of aromatic hydroxyl groups is 1. The molecule has 0 saturated heterocycles. The molecule has 0 aliphatic carbocycles. The largest absolute Gasteiger partial charge is 0.504 e. The lowest BCUT2D eigenvalue weighted by Crippen LogP contribution is -2.04. The van der Waals surface area contributed by atoms with Gasteiger partial charge in [0.15, 0.2) is 17.1 Å². The van der Waals surface area contributed by atoms with Crippen molar-refractivity contribution in [1.82, 2.24) is 20.2 Å². The van der Waals surface area contributed by atoms with Gasteiger partial charge in [0.1, 0.15) is 11.3 Å². The van der Waals surface area contributed by atoms with Gasteiger partial charge in [-0.3, -0.25) is 4.98 Å². The second kappa shape index (κ2) is 6.45. The van der Waals surface area contributed by atoms with Gasteiger partial charge in [0.2, 0.25) is 5.89 Å². The summed E-state index contributed by atoms with van der Waals surface area (Å²) in [5.74, 6) is -1.92. The molecular weight excluding hydrogens is 355 g/mol. The zero-order valence-corrected chi connectivity index (χ0v) is 13.6. The Kier molecular flexibility index (Phi) is 3.96. The number of nitrogens with zero attached hydrogens (tertiary/aromatic N) is 4. The van der Waals surface area contributed by atoms with Crippen molar-refractivity contribution in [3.05, 3.63) is 65.6 Å². The number of carbonyl (C=O) groups is 1. The van der Waals surface area contributed by atoms with E-state index in [1.807, 2.05) is 0 Å². The van der Waals surface area contributed by atoms with Crippen molar-refractivity contribution in [3.8, 4) is 17.3 Å². The van der Waals surface area contributed by atoms with E-state index in [2.05, 4.69) is 20.2 Å². The number of fused-ring (bicyclic) bond motifs is 1. The SMILES string of the molecule is O=C(O)c1nc(-c2nnc(Cc3ccc(F)cc3)o2)c(O)c2ncccc12. The molecule has 0 aliphatic rings. The predicted octanol–water partition coefficient (Wildman–Crippen LogP) is 2.81. The van der Waals surface area contributed by atoms with Gasteiger partial charge in [-0.2, -0.15) is 0 Å². The molecule has 0 fully saturated rings. The van der Waals surface area contributed by atoms with Crippen LogP contribution in [-0.4, -0.2) is 36.3 Å². The molecule has 134 valence electrons. The first-order chi connectivity index (χ1) is 13.0. The van der Waals surface area contributed by atoms with E-state index in [0.717, 1.165) is 5.56 Å². The smallest absolute Gasteiger partial charge is 0.355 e. The first-order valence-corrected chi connectivity index (χ1v) is 7.81. The van der Waals surface area contributed by atoms with Crippen LogP contribution in [0.3, 0.4) is 0 Å². The summed E-state index contributed by atoms with van der Waals surface area (Å²) in [5, 5.41) is 27.8. The van der Waals surface area contributed by atoms with E-state index < -0.39 is 5.97 Å². The zero-order chi connectivity index (χ0) is 19.0. The Morgan fingerprint density at radius 3 is 2.67 bits per heavy atom. The molecule has 0 saturated carbocycles. The first-order valence-electron chi connectivity index (χ1n) is 7.81. The summed E-state index contributed by atoms with van der Waals surface area (Å²) in [5.41, 5.74) is 0.356. The lowest BCUT2D eigenvalue weighted by atomic mass is 10.1. The fourth-order valence-corrected chi connectivity index (χ4v) is 2.63.